The maximum atomic E-state index is 12.7. The van der Waals surface area contributed by atoms with Crippen LogP contribution in [0.3, 0.4) is 0 Å². The number of hydrogen-bond donors (Lipinski definition) is 1. The van der Waals surface area contributed by atoms with E-state index in [4.69, 9.17) is 0 Å². The predicted molar refractivity (Wildman–Crippen MR) is 128 cm³/mol. The molecule has 0 fully saturated rings. The number of thioether (sulfide) groups is 1. The van der Waals surface area contributed by atoms with E-state index in [9.17, 15) is 14.9 Å². The molecule has 4 aromatic rings. The molecule has 33 heavy (non-hydrogen) atoms. The number of aromatic nitrogens is 4. The third-order valence-electron chi connectivity index (χ3n) is 4.87. The quantitative estimate of drug-likeness (QED) is 0.223. The molecule has 0 radical (unpaired) electrons. The van der Waals surface area contributed by atoms with Crippen molar-refractivity contribution in [3.05, 3.63) is 81.5 Å². The molecule has 1 N–H and O–H groups in total. The summed E-state index contributed by atoms with van der Waals surface area (Å²) in [5.41, 5.74) is 2.32. The first kappa shape index (κ1) is 22.6. The molecule has 0 aliphatic heterocycles. The fourth-order valence-electron chi connectivity index (χ4n) is 3.04. The maximum Gasteiger partial charge on any atom is 0.270 e. The summed E-state index contributed by atoms with van der Waals surface area (Å²) in [5, 5.41) is 24.7. The second-order valence-electron chi connectivity index (χ2n) is 7.21. The van der Waals surface area contributed by atoms with Crippen LogP contribution in [0.5, 0.6) is 0 Å². The van der Waals surface area contributed by atoms with Crippen LogP contribution in [-0.4, -0.2) is 35.8 Å². The Balaban J connectivity index is 1.39. The number of benzene rings is 2. The Hall–Kier alpha value is -3.57. The van der Waals surface area contributed by atoms with Gasteiger partial charge >= 0.3 is 0 Å². The van der Waals surface area contributed by atoms with Crippen molar-refractivity contribution in [1.82, 2.24) is 19.7 Å². The van der Waals surface area contributed by atoms with Crippen LogP contribution in [0, 0.1) is 10.1 Å². The average Bonchev–Trinajstić information content (AvgIpc) is 3.42. The van der Waals surface area contributed by atoms with Crippen molar-refractivity contribution in [3.63, 3.8) is 0 Å². The molecule has 0 bridgehead atoms. The summed E-state index contributed by atoms with van der Waals surface area (Å²) in [4.78, 5) is 27.6. The zero-order valence-corrected chi connectivity index (χ0v) is 19.5. The molecule has 168 valence electrons. The lowest BCUT2D eigenvalue weighted by Gasteiger charge is -2.10. The molecular formula is C22H20N6O3S2. The summed E-state index contributed by atoms with van der Waals surface area (Å²) < 4.78 is 1.89. The number of anilines is 1. The Bertz CT molecular complexity index is 1290. The number of non-ortho nitro benzene ring substituents is 1. The minimum Gasteiger partial charge on any atom is -0.309 e. The van der Waals surface area contributed by atoms with Crippen molar-refractivity contribution in [2.24, 2.45) is 7.05 Å². The van der Waals surface area contributed by atoms with Crippen LogP contribution in [0.1, 0.15) is 18.3 Å². The number of amides is 1. The van der Waals surface area contributed by atoms with Crippen LogP contribution in [0.2, 0.25) is 0 Å². The van der Waals surface area contributed by atoms with E-state index < -0.39 is 10.2 Å². The molecule has 2 aromatic carbocycles. The van der Waals surface area contributed by atoms with Gasteiger partial charge in [0.15, 0.2) is 10.3 Å². The van der Waals surface area contributed by atoms with Gasteiger partial charge in [0, 0.05) is 36.5 Å². The van der Waals surface area contributed by atoms with E-state index in [1.807, 2.05) is 41.9 Å². The third kappa shape index (κ3) is 5.44. The molecule has 4 rings (SSSR count). The van der Waals surface area contributed by atoms with Gasteiger partial charge in [0.05, 0.1) is 15.9 Å². The van der Waals surface area contributed by atoms with Gasteiger partial charge in [-0.1, -0.05) is 54.2 Å². The number of carbonyl (C=O) groups is 1. The summed E-state index contributed by atoms with van der Waals surface area (Å²) in [7, 11) is 1.89. The Labute approximate surface area is 198 Å². The van der Waals surface area contributed by atoms with E-state index in [1.165, 1.54) is 35.2 Å². The van der Waals surface area contributed by atoms with Gasteiger partial charge in [0.25, 0.3) is 5.69 Å². The van der Waals surface area contributed by atoms with Gasteiger partial charge in [0.2, 0.25) is 5.91 Å². The normalized spacial score (nSPS) is 11.8. The zero-order valence-electron chi connectivity index (χ0n) is 17.8. The smallest absolute Gasteiger partial charge is 0.270 e. The molecule has 1 atom stereocenters. The topological polar surface area (TPSA) is 116 Å². The lowest BCUT2D eigenvalue weighted by molar-refractivity contribution is -0.384. The highest BCUT2D eigenvalue weighted by atomic mass is 32.2. The molecule has 2 aromatic heterocycles. The molecule has 0 aliphatic carbocycles. The van der Waals surface area contributed by atoms with Gasteiger partial charge in [-0.2, -0.15) is 0 Å². The maximum absolute atomic E-state index is 12.7. The molecular weight excluding hydrogens is 460 g/mol. The zero-order chi connectivity index (χ0) is 23.4. The number of nitro groups is 1. The lowest BCUT2D eigenvalue weighted by Crippen LogP contribution is -2.22. The van der Waals surface area contributed by atoms with Crippen molar-refractivity contribution in [1.29, 1.82) is 0 Å². The Morgan fingerprint density at radius 1 is 1.21 bits per heavy atom. The number of nitro benzene ring substituents is 1. The number of thiazole rings is 1. The van der Waals surface area contributed by atoms with Gasteiger partial charge in [0.1, 0.15) is 5.82 Å². The van der Waals surface area contributed by atoms with E-state index in [0.29, 0.717) is 28.0 Å². The summed E-state index contributed by atoms with van der Waals surface area (Å²) in [6, 6.07) is 16.2. The van der Waals surface area contributed by atoms with E-state index >= 15 is 0 Å². The van der Waals surface area contributed by atoms with Crippen LogP contribution < -0.4 is 5.32 Å². The molecule has 9 nitrogen and oxygen atoms in total. The number of carbonyl (C=O) groups excluding carboxylic acids is 1. The molecule has 1 amide bonds. The summed E-state index contributed by atoms with van der Waals surface area (Å²) in [6.45, 7) is 1.79. The van der Waals surface area contributed by atoms with Crippen LogP contribution in [0.15, 0.2) is 65.1 Å². The van der Waals surface area contributed by atoms with Crippen molar-refractivity contribution in [2.75, 3.05) is 5.32 Å². The van der Waals surface area contributed by atoms with Crippen LogP contribution in [0.4, 0.5) is 10.8 Å². The molecule has 1 unspecified atom stereocenters. The van der Waals surface area contributed by atoms with Gasteiger partial charge in [-0.3, -0.25) is 14.9 Å². The number of rotatable bonds is 8. The van der Waals surface area contributed by atoms with Crippen LogP contribution in [0.25, 0.3) is 11.3 Å². The second-order valence-corrected chi connectivity index (χ2v) is 9.38. The van der Waals surface area contributed by atoms with E-state index in [0.717, 1.165) is 11.4 Å². The Morgan fingerprint density at radius 2 is 2.00 bits per heavy atom. The van der Waals surface area contributed by atoms with Crippen LogP contribution >= 0.6 is 23.1 Å². The summed E-state index contributed by atoms with van der Waals surface area (Å²) >= 11 is 2.58. The highest BCUT2D eigenvalue weighted by molar-refractivity contribution is 8.00. The molecule has 0 saturated heterocycles. The lowest BCUT2D eigenvalue weighted by atomic mass is 10.1. The van der Waals surface area contributed by atoms with Crippen molar-refractivity contribution in [2.45, 2.75) is 23.8 Å². The third-order valence-corrected chi connectivity index (χ3v) is 6.76. The second kappa shape index (κ2) is 9.92. The monoisotopic (exact) mass is 480 g/mol. The van der Waals surface area contributed by atoms with E-state index in [-0.39, 0.29) is 11.6 Å². The van der Waals surface area contributed by atoms with Crippen LogP contribution in [-0.2, 0) is 18.3 Å². The van der Waals surface area contributed by atoms with Crippen molar-refractivity contribution < 1.29 is 9.72 Å². The molecule has 2 heterocycles. The minimum atomic E-state index is -0.449. The average molecular weight is 481 g/mol. The molecule has 11 heteroatoms. The van der Waals surface area contributed by atoms with Crippen molar-refractivity contribution >= 4 is 39.8 Å². The summed E-state index contributed by atoms with van der Waals surface area (Å²) in [5.74, 6) is 0.602. The number of nitrogens with zero attached hydrogens (tertiary/aromatic N) is 5. The van der Waals surface area contributed by atoms with E-state index in [2.05, 4.69) is 20.5 Å². The first-order valence-corrected chi connectivity index (χ1v) is 11.8. The van der Waals surface area contributed by atoms with Gasteiger partial charge in [-0.25, -0.2) is 4.98 Å². The Morgan fingerprint density at radius 3 is 2.76 bits per heavy atom. The first-order valence-electron chi connectivity index (χ1n) is 10.0. The minimum absolute atomic E-state index is 0.00795. The van der Waals surface area contributed by atoms with Crippen molar-refractivity contribution in [3.8, 4) is 11.3 Å². The number of nitrogens with one attached hydrogen (secondary N) is 1. The van der Waals surface area contributed by atoms with Gasteiger partial charge in [-0.15, -0.1) is 21.5 Å². The standard InChI is InChI=1S/C22H20N6O3S2/c1-14(33-22-26-25-19(27(22)2)11-15-7-4-3-5-8-15)20(29)24-21-23-18(13-32-21)16-9-6-10-17(12-16)28(30)31/h3-10,12-14H,11H2,1-2H3,(H,23,24,29). The number of hydrogen-bond acceptors (Lipinski definition) is 8. The first-order chi connectivity index (χ1) is 15.9. The van der Waals surface area contributed by atoms with Gasteiger partial charge < -0.3 is 9.88 Å². The highest BCUT2D eigenvalue weighted by Crippen LogP contribution is 2.29. The largest absolute Gasteiger partial charge is 0.309 e. The fraction of sp³-hybridized carbons (Fsp3) is 0.182. The Kier molecular flexibility index (Phi) is 6.80. The predicted octanol–water partition coefficient (Wildman–Crippen LogP) is 4.56. The molecule has 0 spiro atoms. The summed E-state index contributed by atoms with van der Waals surface area (Å²) in [6.07, 6.45) is 0.658. The van der Waals surface area contributed by atoms with E-state index in [1.54, 1.807) is 24.4 Å². The molecule has 0 aliphatic rings. The fourth-order valence-corrected chi connectivity index (χ4v) is 4.60. The molecule has 0 saturated carbocycles. The highest BCUT2D eigenvalue weighted by Gasteiger charge is 2.20. The van der Waals surface area contributed by atoms with Gasteiger partial charge in [-0.05, 0) is 12.5 Å². The SMILES string of the molecule is CC(Sc1nnc(Cc2ccccc2)n1C)C(=O)Nc1nc(-c2cccc([N+](=O)[O-])c2)cs1.